The van der Waals surface area contributed by atoms with Gasteiger partial charge >= 0.3 is 0 Å². The van der Waals surface area contributed by atoms with Crippen molar-refractivity contribution < 1.29 is 14.3 Å². The average Bonchev–Trinajstić information content (AvgIpc) is 2.50. The minimum Gasteiger partial charge on any atom is -0.507 e. The molecule has 0 saturated carbocycles. The molecule has 0 spiro atoms. The quantitative estimate of drug-likeness (QED) is 0.626. The maximum atomic E-state index is 13.8. The molecule has 0 aliphatic rings. The fraction of sp³-hybridized carbons (Fsp3) is 0.176. The number of hydrogen-bond donors (Lipinski definition) is 2. The molecule has 2 rings (SSSR count). The van der Waals surface area contributed by atoms with Crippen molar-refractivity contribution in [2.45, 2.75) is 12.8 Å². The van der Waals surface area contributed by atoms with E-state index >= 15 is 0 Å². The number of phenolic OH excluding ortho intramolecular Hbond substituents is 1. The standard InChI is InChI=1S/C17H16ClFN2O2/c18-13-5-3-11(4-6-13)15-9-14(19)8-12(17(15)23)10-21-7-1-2-16(20)22/h3-6,8-10,23H,1-2,7H2,(H2,20,22). The van der Waals surface area contributed by atoms with Gasteiger partial charge in [-0.05, 0) is 36.2 Å². The first-order valence-corrected chi connectivity index (χ1v) is 7.42. The third-order valence-corrected chi connectivity index (χ3v) is 3.45. The van der Waals surface area contributed by atoms with Crippen LogP contribution in [0.5, 0.6) is 5.75 Å². The van der Waals surface area contributed by atoms with Gasteiger partial charge in [-0.2, -0.15) is 0 Å². The number of amides is 1. The SMILES string of the molecule is NC(=O)CCCN=Cc1cc(F)cc(-c2ccc(Cl)cc2)c1O. The molecule has 0 bridgehead atoms. The Morgan fingerprint density at radius 2 is 2.00 bits per heavy atom. The second-order valence-corrected chi connectivity index (χ2v) is 5.44. The van der Waals surface area contributed by atoms with Crippen molar-refractivity contribution in [2.24, 2.45) is 10.7 Å². The molecule has 3 N–H and O–H groups in total. The van der Waals surface area contributed by atoms with E-state index in [9.17, 15) is 14.3 Å². The molecule has 120 valence electrons. The van der Waals surface area contributed by atoms with Gasteiger partial charge in [-0.1, -0.05) is 23.7 Å². The van der Waals surface area contributed by atoms with Crippen molar-refractivity contribution in [1.29, 1.82) is 0 Å². The first kappa shape index (κ1) is 17.0. The van der Waals surface area contributed by atoms with Gasteiger partial charge in [-0.25, -0.2) is 4.39 Å². The largest absolute Gasteiger partial charge is 0.507 e. The Morgan fingerprint density at radius 1 is 1.30 bits per heavy atom. The Morgan fingerprint density at radius 3 is 2.65 bits per heavy atom. The van der Waals surface area contributed by atoms with Gasteiger partial charge in [0.25, 0.3) is 0 Å². The topological polar surface area (TPSA) is 75.7 Å². The van der Waals surface area contributed by atoms with Crippen LogP contribution in [0.2, 0.25) is 5.02 Å². The predicted molar refractivity (Wildman–Crippen MR) is 89.4 cm³/mol. The van der Waals surface area contributed by atoms with Crippen LogP contribution in [0.15, 0.2) is 41.4 Å². The Bertz CT molecular complexity index is 730. The number of phenols is 1. The van der Waals surface area contributed by atoms with Crippen molar-refractivity contribution >= 4 is 23.7 Å². The van der Waals surface area contributed by atoms with Crippen molar-refractivity contribution in [3.63, 3.8) is 0 Å². The maximum Gasteiger partial charge on any atom is 0.217 e. The zero-order valence-corrected chi connectivity index (χ0v) is 13.1. The molecule has 0 radical (unpaired) electrons. The van der Waals surface area contributed by atoms with E-state index in [1.54, 1.807) is 24.3 Å². The summed E-state index contributed by atoms with van der Waals surface area (Å²) >= 11 is 5.83. The Labute approximate surface area is 138 Å². The van der Waals surface area contributed by atoms with E-state index in [0.717, 1.165) is 0 Å². The van der Waals surface area contributed by atoms with E-state index in [1.807, 2.05) is 0 Å². The molecule has 0 unspecified atom stereocenters. The van der Waals surface area contributed by atoms with Gasteiger partial charge in [0, 0.05) is 35.3 Å². The minimum atomic E-state index is -0.480. The Hall–Kier alpha value is -2.40. The fourth-order valence-electron chi connectivity index (χ4n) is 2.08. The monoisotopic (exact) mass is 334 g/mol. The lowest BCUT2D eigenvalue weighted by Gasteiger charge is -2.08. The molecule has 2 aromatic carbocycles. The summed E-state index contributed by atoms with van der Waals surface area (Å²) in [7, 11) is 0. The molecule has 2 aromatic rings. The summed E-state index contributed by atoms with van der Waals surface area (Å²) in [4.78, 5) is 14.7. The lowest BCUT2D eigenvalue weighted by atomic mass is 10.0. The lowest BCUT2D eigenvalue weighted by molar-refractivity contribution is -0.118. The van der Waals surface area contributed by atoms with Gasteiger partial charge in [-0.15, -0.1) is 0 Å². The molecule has 23 heavy (non-hydrogen) atoms. The number of aromatic hydroxyl groups is 1. The highest BCUT2D eigenvalue weighted by Gasteiger charge is 2.11. The first-order valence-electron chi connectivity index (χ1n) is 7.04. The van der Waals surface area contributed by atoms with E-state index < -0.39 is 5.82 Å². The van der Waals surface area contributed by atoms with E-state index in [4.69, 9.17) is 17.3 Å². The normalized spacial score (nSPS) is 11.0. The molecule has 4 nitrogen and oxygen atoms in total. The zero-order valence-electron chi connectivity index (χ0n) is 12.3. The summed E-state index contributed by atoms with van der Waals surface area (Å²) in [6, 6.07) is 9.18. The smallest absolute Gasteiger partial charge is 0.217 e. The van der Waals surface area contributed by atoms with Gasteiger partial charge in [0.2, 0.25) is 5.91 Å². The number of primary amides is 1. The third kappa shape index (κ3) is 4.79. The van der Waals surface area contributed by atoms with Gasteiger partial charge in [0.15, 0.2) is 0 Å². The number of benzene rings is 2. The number of halogens is 2. The summed E-state index contributed by atoms with van der Waals surface area (Å²) in [5.74, 6) is -0.933. The second kappa shape index (κ2) is 7.74. The van der Waals surface area contributed by atoms with E-state index in [1.165, 1.54) is 18.3 Å². The van der Waals surface area contributed by atoms with Crippen LogP contribution in [0.25, 0.3) is 11.1 Å². The molecule has 6 heteroatoms. The molecule has 0 fully saturated rings. The van der Waals surface area contributed by atoms with Gasteiger partial charge < -0.3 is 10.8 Å². The molecule has 0 heterocycles. The number of aliphatic imine (C=N–C) groups is 1. The van der Waals surface area contributed by atoms with Crippen molar-refractivity contribution in [3.8, 4) is 16.9 Å². The molecule has 0 atom stereocenters. The Balaban J connectivity index is 2.23. The lowest BCUT2D eigenvalue weighted by Crippen LogP contribution is -2.10. The van der Waals surface area contributed by atoms with Crippen molar-refractivity contribution in [3.05, 3.63) is 52.8 Å². The van der Waals surface area contributed by atoms with Gasteiger partial charge in [-0.3, -0.25) is 9.79 Å². The van der Waals surface area contributed by atoms with Crippen LogP contribution in [-0.4, -0.2) is 23.8 Å². The van der Waals surface area contributed by atoms with Crippen LogP contribution in [0.4, 0.5) is 4.39 Å². The van der Waals surface area contributed by atoms with Gasteiger partial charge in [0.05, 0.1) is 0 Å². The molecule has 1 amide bonds. The highest BCUT2D eigenvalue weighted by atomic mass is 35.5. The molecule has 0 aliphatic heterocycles. The van der Waals surface area contributed by atoms with E-state index in [-0.39, 0.29) is 23.6 Å². The van der Waals surface area contributed by atoms with Crippen molar-refractivity contribution in [1.82, 2.24) is 0 Å². The summed E-state index contributed by atoms with van der Waals surface area (Å²) < 4.78 is 13.8. The highest BCUT2D eigenvalue weighted by Crippen LogP contribution is 2.33. The molecule has 0 saturated heterocycles. The van der Waals surface area contributed by atoms with Gasteiger partial charge in [0.1, 0.15) is 11.6 Å². The third-order valence-electron chi connectivity index (χ3n) is 3.20. The summed E-state index contributed by atoms with van der Waals surface area (Å²) in [6.07, 6.45) is 2.13. The molecule has 0 aromatic heterocycles. The second-order valence-electron chi connectivity index (χ2n) is 5.00. The zero-order chi connectivity index (χ0) is 16.8. The summed E-state index contributed by atoms with van der Waals surface area (Å²) in [6.45, 7) is 0.370. The first-order chi connectivity index (χ1) is 11.0. The summed E-state index contributed by atoms with van der Waals surface area (Å²) in [5, 5.41) is 10.9. The van der Waals surface area contributed by atoms with Crippen LogP contribution in [0.3, 0.4) is 0 Å². The number of carbonyl (C=O) groups is 1. The summed E-state index contributed by atoms with van der Waals surface area (Å²) in [5.41, 5.74) is 6.32. The molecular formula is C17H16ClFN2O2. The molecule has 0 aliphatic carbocycles. The Kier molecular flexibility index (Phi) is 5.71. The van der Waals surface area contributed by atoms with Crippen LogP contribution in [-0.2, 0) is 4.79 Å². The van der Waals surface area contributed by atoms with E-state index in [0.29, 0.717) is 29.1 Å². The average molecular weight is 335 g/mol. The molecular weight excluding hydrogens is 319 g/mol. The fourth-order valence-corrected chi connectivity index (χ4v) is 2.20. The number of rotatable bonds is 6. The van der Waals surface area contributed by atoms with Crippen molar-refractivity contribution in [2.75, 3.05) is 6.54 Å². The maximum absolute atomic E-state index is 13.8. The van der Waals surface area contributed by atoms with Crippen LogP contribution < -0.4 is 5.73 Å². The predicted octanol–water partition coefficient (Wildman–Crippen LogP) is 3.54. The van der Waals surface area contributed by atoms with Crippen LogP contribution in [0, 0.1) is 5.82 Å². The number of nitrogens with two attached hydrogens (primary N) is 1. The number of hydrogen-bond acceptors (Lipinski definition) is 3. The highest BCUT2D eigenvalue weighted by molar-refractivity contribution is 6.30. The minimum absolute atomic E-state index is 0.0626. The number of nitrogens with zero attached hydrogens (tertiary/aromatic N) is 1. The van der Waals surface area contributed by atoms with E-state index in [2.05, 4.69) is 4.99 Å². The van der Waals surface area contributed by atoms with Crippen LogP contribution in [0.1, 0.15) is 18.4 Å². The van der Waals surface area contributed by atoms with Crippen LogP contribution >= 0.6 is 11.6 Å². The number of carbonyl (C=O) groups excluding carboxylic acids is 1.